The number of halogens is 1. The standard InChI is InChI=1S/C13H18ClN3O2/c1-13(2,3)17-11(18)6-7-15-12(19)9-4-5-10(14)16-8-9/h4-5,8H,6-7H2,1-3H3,(H,15,19)(H,17,18). The van der Waals surface area contributed by atoms with E-state index < -0.39 is 0 Å². The number of amides is 2. The lowest BCUT2D eigenvalue weighted by atomic mass is 10.1. The van der Waals surface area contributed by atoms with Gasteiger partial charge in [-0.2, -0.15) is 0 Å². The largest absolute Gasteiger partial charge is 0.351 e. The Morgan fingerprint density at radius 3 is 2.53 bits per heavy atom. The fraction of sp³-hybridized carbons (Fsp3) is 0.462. The van der Waals surface area contributed by atoms with Crippen molar-refractivity contribution in [3.8, 4) is 0 Å². The molecule has 19 heavy (non-hydrogen) atoms. The van der Waals surface area contributed by atoms with Gasteiger partial charge < -0.3 is 10.6 Å². The van der Waals surface area contributed by atoms with Crippen LogP contribution in [0.25, 0.3) is 0 Å². The molecule has 2 amide bonds. The number of hydrogen-bond acceptors (Lipinski definition) is 3. The lowest BCUT2D eigenvalue weighted by Gasteiger charge is -2.20. The minimum atomic E-state index is -0.271. The number of pyridine rings is 1. The highest BCUT2D eigenvalue weighted by atomic mass is 35.5. The topological polar surface area (TPSA) is 71.1 Å². The van der Waals surface area contributed by atoms with Crippen LogP contribution in [0.2, 0.25) is 5.15 Å². The molecule has 1 aromatic rings. The molecular formula is C13H18ClN3O2. The Kier molecular flexibility index (Phi) is 5.30. The molecule has 0 saturated carbocycles. The highest BCUT2D eigenvalue weighted by Gasteiger charge is 2.13. The van der Waals surface area contributed by atoms with Crippen LogP contribution < -0.4 is 10.6 Å². The zero-order valence-corrected chi connectivity index (χ0v) is 12.0. The van der Waals surface area contributed by atoms with E-state index in [-0.39, 0.29) is 30.3 Å². The molecule has 0 unspecified atom stereocenters. The minimum Gasteiger partial charge on any atom is -0.351 e. The van der Waals surface area contributed by atoms with Crippen LogP contribution in [0.3, 0.4) is 0 Å². The summed E-state index contributed by atoms with van der Waals surface area (Å²) < 4.78 is 0. The average molecular weight is 284 g/mol. The van der Waals surface area contributed by atoms with Crippen molar-refractivity contribution in [3.63, 3.8) is 0 Å². The Labute approximate surface area is 117 Å². The third kappa shape index (κ3) is 6.20. The number of carbonyl (C=O) groups excluding carboxylic acids is 2. The maximum Gasteiger partial charge on any atom is 0.252 e. The molecule has 0 aromatic carbocycles. The van der Waals surface area contributed by atoms with Gasteiger partial charge in [-0.15, -0.1) is 0 Å². The van der Waals surface area contributed by atoms with Gasteiger partial charge in [-0.25, -0.2) is 4.98 Å². The van der Waals surface area contributed by atoms with E-state index in [0.717, 1.165) is 0 Å². The molecule has 1 rings (SSSR count). The first-order chi connectivity index (χ1) is 8.78. The van der Waals surface area contributed by atoms with Crippen molar-refractivity contribution >= 4 is 23.4 Å². The Bertz CT molecular complexity index is 452. The van der Waals surface area contributed by atoms with Crippen molar-refractivity contribution in [2.24, 2.45) is 0 Å². The van der Waals surface area contributed by atoms with Gasteiger partial charge in [-0.3, -0.25) is 9.59 Å². The Balaban J connectivity index is 2.35. The molecule has 0 bridgehead atoms. The van der Waals surface area contributed by atoms with Gasteiger partial charge in [0.25, 0.3) is 5.91 Å². The van der Waals surface area contributed by atoms with Crippen molar-refractivity contribution in [1.82, 2.24) is 15.6 Å². The highest BCUT2D eigenvalue weighted by molar-refractivity contribution is 6.29. The predicted octanol–water partition coefficient (Wildman–Crippen LogP) is 1.77. The minimum absolute atomic E-state index is 0.0953. The molecule has 104 valence electrons. The average Bonchev–Trinajstić information content (AvgIpc) is 2.27. The Morgan fingerprint density at radius 2 is 2.00 bits per heavy atom. The van der Waals surface area contributed by atoms with Crippen molar-refractivity contribution in [1.29, 1.82) is 0 Å². The van der Waals surface area contributed by atoms with E-state index in [1.165, 1.54) is 6.20 Å². The second-order valence-corrected chi connectivity index (χ2v) is 5.56. The van der Waals surface area contributed by atoms with Gasteiger partial charge in [-0.1, -0.05) is 11.6 Å². The van der Waals surface area contributed by atoms with E-state index in [1.54, 1.807) is 12.1 Å². The molecule has 0 aliphatic carbocycles. The number of carbonyl (C=O) groups is 2. The molecule has 0 atom stereocenters. The van der Waals surface area contributed by atoms with Crippen molar-refractivity contribution in [3.05, 3.63) is 29.0 Å². The summed E-state index contributed by atoms with van der Waals surface area (Å²) in [5.41, 5.74) is 0.155. The van der Waals surface area contributed by atoms with E-state index in [4.69, 9.17) is 11.6 Å². The molecule has 0 spiro atoms. The van der Waals surface area contributed by atoms with Crippen LogP contribution in [-0.2, 0) is 4.79 Å². The third-order valence-corrected chi connectivity index (χ3v) is 2.37. The maximum absolute atomic E-state index is 11.7. The van der Waals surface area contributed by atoms with Crippen LogP contribution >= 0.6 is 11.6 Å². The van der Waals surface area contributed by atoms with E-state index in [0.29, 0.717) is 10.7 Å². The number of aromatic nitrogens is 1. The number of hydrogen-bond donors (Lipinski definition) is 2. The predicted molar refractivity (Wildman–Crippen MR) is 74.1 cm³/mol. The summed E-state index contributed by atoms with van der Waals surface area (Å²) in [5.74, 6) is -0.366. The number of nitrogens with zero attached hydrogens (tertiary/aromatic N) is 1. The van der Waals surface area contributed by atoms with Gasteiger partial charge in [0.2, 0.25) is 5.91 Å². The number of nitrogens with one attached hydrogen (secondary N) is 2. The first-order valence-corrected chi connectivity index (χ1v) is 6.36. The lowest BCUT2D eigenvalue weighted by molar-refractivity contribution is -0.122. The molecule has 6 heteroatoms. The van der Waals surface area contributed by atoms with Gasteiger partial charge in [-0.05, 0) is 32.9 Å². The summed E-state index contributed by atoms with van der Waals surface area (Å²) in [6.45, 7) is 6.00. The summed E-state index contributed by atoms with van der Waals surface area (Å²) in [4.78, 5) is 27.0. The summed E-state index contributed by atoms with van der Waals surface area (Å²) in [7, 11) is 0. The summed E-state index contributed by atoms with van der Waals surface area (Å²) >= 11 is 5.63. The van der Waals surface area contributed by atoms with Crippen molar-refractivity contribution in [2.45, 2.75) is 32.7 Å². The van der Waals surface area contributed by atoms with Gasteiger partial charge in [0.1, 0.15) is 5.15 Å². The quantitative estimate of drug-likeness (QED) is 0.827. The Hall–Kier alpha value is -1.62. The van der Waals surface area contributed by atoms with Crippen LogP contribution in [0.15, 0.2) is 18.3 Å². The molecule has 0 radical (unpaired) electrons. The molecule has 0 aliphatic rings. The zero-order valence-electron chi connectivity index (χ0n) is 11.3. The van der Waals surface area contributed by atoms with Gasteiger partial charge in [0, 0.05) is 24.7 Å². The van der Waals surface area contributed by atoms with E-state index in [9.17, 15) is 9.59 Å². The Morgan fingerprint density at radius 1 is 1.32 bits per heavy atom. The van der Waals surface area contributed by atoms with Crippen molar-refractivity contribution < 1.29 is 9.59 Å². The van der Waals surface area contributed by atoms with Crippen LogP contribution in [0.4, 0.5) is 0 Å². The molecule has 1 heterocycles. The summed E-state index contributed by atoms with van der Waals surface area (Å²) in [5, 5.41) is 5.81. The first kappa shape index (κ1) is 15.4. The third-order valence-electron chi connectivity index (χ3n) is 2.14. The second-order valence-electron chi connectivity index (χ2n) is 5.17. The molecule has 0 aliphatic heterocycles. The van der Waals surface area contributed by atoms with Gasteiger partial charge >= 0.3 is 0 Å². The second kappa shape index (κ2) is 6.52. The fourth-order valence-electron chi connectivity index (χ4n) is 1.38. The van der Waals surface area contributed by atoms with Crippen LogP contribution in [-0.4, -0.2) is 28.9 Å². The first-order valence-electron chi connectivity index (χ1n) is 5.99. The molecule has 1 aromatic heterocycles. The maximum atomic E-state index is 11.7. The zero-order chi connectivity index (χ0) is 14.5. The summed E-state index contributed by atoms with van der Waals surface area (Å²) in [6, 6.07) is 3.13. The molecule has 0 saturated heterocycles. The molecular weight excluding hydrogens is 266 g/mol. The lowest BCUT2D eigenvalue weighted by Crippen LogP contribution is -2.41. The van der Waals surface area contributed by atoms with Gasteiger partial charge in [0.15, 0.2) is 0 Å². The van der Waals surface area contributed by atoms with E-state index in [2.05, 4.69) is 15.6 Å². The molecule has 0 fully saturated rings. The van der Waals surface area contributed by atoms with Crippen LogP contribution in [0.1, 0.15) is 37.6 Å². The molecule has 2 N–H and O–H groups in total. The SMILES string of the molecule is CC(C)(C)NC(=O)CCNC(=O)c1ccc(Cl)nc1. The molecule has 5 nitrogen and oxygen atoms in total. The highest BCUT2D eigenvalue weighted by Crippen LogP contribution is 2.05. The van der Waals surface area contributed by atoms with Crippen LogP contribution in [0, 0.1) is 0 Å². The van der Waals surface area contributed by atoms with E-state index in [1.807, 2.05) is 20.8 Å². The number of rotatable bonds is 4. The van der Waals surface area contributed by atoms with Crippen molar-refractivity contribution in [2.75, 3.05) is 6.54 Å². The van der Waals surface area contributed by atoms with Crippen LogP contribution in [0.5, 0.6) is 0 Å². The normalized spacial score (nSPS) is 10.9. The fourth-order valence-corrected chi connectivity index (χ4v) is 1.49. The monoisotopic (exact) mass is 283 g/mol. The smallest absolute Gasteiger partial charge is 0.252 e. The summed E-state index contributed by atoms with van der Waals surface area (Å²) in [6.07, 6.45) is 1.64. The van der Waals surface area contributed by atoms with Gasteiger partial charge in [0.05, 0.1) is 5.56 Å². The van der Waals surface area contributed by atoms with E-state index >= 15 is 0 Å².